The van der Waals surface area contributed by atoms with Gasteiger partial charge in [-0.2, -0.15) is 4.98 Å². The van der Waals surface area contributed by atoms with E-state index in [1.54, 1.807) is 25.1 Å². The number of nitrogens with one attached hydrogen (secondary N) is 1. The van der Waals surface area contributed by atoms with Crippen LogP contribution < -0.4 is 5.32 Å². The molecule has 0 saturated heterocycles. The van der Waals surface area contributed by atoms with Gasteiger partial charge in [-0.05, 0) is 18.6 Å². The Balaban J connectivity index is 1.93. The van der Waals surface area contributed by atoms with Crippen LogP contribution in [0.3, 0.4) is 0 Å². The van der Waals surface area contributed by atoms with Crippen molar-refractivity contribution in [3.63, 3.8) is 0 Å². The van der Waals surface area contributed by atoms with Crippen LogP contribution in [0.15, 0.2) is 29.1 Å². The lowest BCUT2D eigenvalue weighted by Gasteiger charge is -2.07. The molecule has 0 atom stereocenters. The Morgan fingerprint density at radius 3 is 3.06 bits per heavy atom. The molecule has 2 aromatic rings. The standard InChI is InChI=1S/C12H13N3O3/c1-8-3-2-4-9(11(8)16)12(17)13-6-5-10-14-7-18-15-10/h2-4,7,16H,5-6H2,1H3,(H,13,17). The van der Waals surface area contributed by atoms with Crippen LogP contribution in [0.1, 0.15) is 21.7 Å². The molecule has 0 unspecified atom stereocenters. The molecule has 18 heavy (non-hydrogen) atoms. The molecule has 0 aliphatic carbocycles. The summed E-state index contributed by atoms with van der Waals surface area (Å²) in [5, 5.41) is 16.1. The molecule has 0 spiro atoms. The third-order valence-corrected chi connectivity index (χ3v) is 2.52. The van der Waals surface area contributed by atoms with Crippen LogP contribution in [-0.2, 0) is 6.42 Å². The third-order valence-electron chi connectivity index (χ3n) is 2.52. The van der Waals surface area contributed by atoms with Crippen molar-refractivity contribution in [1.29, 1.82) is 0 Å². The van der Waals surface area contributed by atoms with Gasteiger partial charge >= 0.3 is 0 Å². The number of aromatic hydroxyl groups is 1. The Hall–Kier alpha value is -2.37. The van der Waals surface area contributed by atoms with E-state index in [4.69, 9.17) is 0 Å². The Bertz CT molecular complexity index is 538. The molecular formula is C12H13N3O3. The van der Waals surface area contributed by atoms with Gasteiger partial charge in [-0.15, -0.1) is 0 Å². The fourth-order valence-corrected chi connectivity index (χ4v) is 1.53. The summed E-state index contributed by atoms with van der Waals surface area (Å²) in [6, 6.07) is 5.04. The predicted octanol–water partition coefficient (Wildman–Crippen LogP) is 1.06. The van der Waals surface area contributed by atoms with E-state index in [9.17, 15) is 9.90 Å². The Labute approximate surface area is 104 Å². The SMILES string of the molecule is Cc1cccc(C(=O)NCCc2ncon2)c1O. The maximum atomic E-state index is 11.8. The average Bonchev–Trinajstić information content (AvgIpc) is 2.85. The number of amides is 1. The number of hydrogen-bond acceptors (Lipinski definition) is 5. The normalized spacial score (nSPS) is 10.3. The van der Waals surface area contributed by atoms with Crippen LogP contribution in [0.25, 0.3) is 0 Å². The van der Waals surface area contributed by atoms with Crippen LogP contribution in [0, 0.1) is 6.92 Å². The number of nitrogens with zero attached hydrogens (tertiary/aromatic N) is 2. The molecule has 0 aliphatic rings. The zero-order valence-corrected chi connectivity index (χ0v) is 9.88. The molecule has 1 aromatic carbocycles. The van der Waals surface area contributed by atoms with Crippen LogP contribution in [0.5, 0.6) is 5.75 Å². The first-order chi connectivity index (χ1) is 8.68. The highest BCUT2D eigenvalue weighted by Crippen LogP contribution is 2.20. The quantitative estimate of drug-likeness (QED) is 0.843. The van der Waals surface area contributed by atoms with E-state index in [0.29, 0.717) is 24.4 Å². The molecule has 94 valence electrons. The second-order valence-electron chi connectivity index (χ2n) is 3.82. The maximum absolute atomic E-state index is 11.8. The summed E-state index contributed by atoms with van der Waals surface area (Å²) in [4.78, 5) is 15.6. The molecule has 6 heteroatoms. The fraction of sp³-hybridized carbons (Fsp3) is 0.250. The number of carbonyl (C=O) groups excluding carboxylic acids is 1. The highest BCUT2D eigenvalue weighted by Gasteiger charge is 2.11. The lowest BCUT2D eigenvalue weighted by atomic mass is 10.1. The molecule has 0 fully saturated rings. The minimum absolute atomic E-state index is 0.00885. The lowest BCUT2D eigenvalue weighted by Crippen LogP contribution is -2.26. The van der Waals surface area contributed by atoms with Gasteiger partial charge in [0.1, 0.15) is 5.75 Å². The number of carbonyl (C=O) groups is 1. The van der Waals surface area contributed by atoms with Crippen molar-refractivity contribution in [2.75, 3.05) is 6.54 Å². The minimum atomic E-state index is -0.320. The average molecular weight is 247 g/mol. The van der Waals surface area contributed by atoms with Crippen LogP contribution in [-0.4, -0.2) is 27.7 Å². The number of phenolic OH excluding ortho intramolecular Hbond substituents is 1. The van der Waals surface area contributed by atoms with E-state index in [2.05, 4.69) is 20.0 Å². The summed E-state index contributed by atoms with van der Waals surface area (Å²) in [6.07, 6.45) is 1.72. The number of phenols is 1. The van der Waals surface area contributed by atoms with Gasteiger partial charge < -0.3 is 14.9 Å². The Morgan fingerprint density at radius 2 is 2.33 bits per heavy atom. The van der Waals surface area contributed by atoms with Crippen molar-refractivity contribution in [3.8, 4) is 5.75 Å². The Kier molecular flexibility index (Phi) is 3.57. The van der Waals surface area contributed by atoms with Gasteiger partial charge in [-0.1, -0.05) is 17.3 Å². The first-order valence-corrected chi connectivity index (χ1v) is 5.50. The smallest absolute Gasteiger partial charge is 0.255 e. The molecule has 1 aromatic heterocycles. The second kappa shape index (κ2) is 5.31. The topological polar surface area (TPSA) is 88.3 Å². The molecule has 1 heterocycles. The summed E-state index contributed by atoms with van der Waals surface area (Å²) in [5.41, 5.74) is 0.934. The van der Waals surface area contributed by atoms with E-state index in [1.165, 1.54) is 6.39 Å². The summed E-state index contributed by atoms with van der Waals surface area (Å²) < 4.78 is 4.58. The molecule has 2 N–H and O–H groups in total. The van der Waals surface area contributed by atoms with Crippen LogP contribution in [0.2, 0.25) is 0 Å². The first-order valence-electron chi connectivity index (χ1n) is 5.50. The number of benzene rings is 1. The molecule has 0 saturated carbocycles. The molecular weight excluding hydrogens is 234 g/mol. The van der Waals surface area contributed by atoms with Crippen molar-refractivity contribution in [2.24, 2.45) is 0 Å². The number of aromatic nitrogens is 2. The summed E-state index contributed by atoms with van der Waals surface area (Å²) >= 11 is 0. The highest BCUT2D eigenvalue weighted by atomic mass is 16.5. The second-order valence-corrected chi connectivity index (χ2v) is 3.82. The van der Waals surface area contributed by atoms with Gasteiger partial charge in [0.05, 0.1) is 5.56 Å². The molecule has 0 radical (unpaired) electrons. The molecule has 0 aliphatic heterocycles. The van der Waals surface area contributed by atoms with Gasteiger partial charge in [0.15, 0.2) is 5.82 Å². The van der Waals surface area contributed by atoms with E-state index in [0.717, 1.165) is 0 Å². The van der Waals surface area contributed by atoms with Gasteiger partial charge in [0.2, 0.25) is 6.39 Å². The first kappa shape index (κ1) is 12.1. The zero-order chi connectivity index (χ0) is 13.0. The van der Waals surface area contributed by atoms with Crippen molar-refractivity contribution < 1.29 is 14.4 Å². The number of hydrogen-bond donors (Lipinski definition) is 2. The third kappa shape index (κ3) is 2.65. The molecule has 1 amide bonds. The summed E-state index contributed by atoms with van der Waals surface area (Å²) in [6.45, 7) is 2.12. The van der Waals surface area contributed by atoms with Crippen LogP contribution >= 0.6 is 0 Å². The fourth-order valence-electron chi connectivity index (χ4n) is 1.53. The highest BCUT2D eigenvalue weighted by molar-refractivity contribution is 5.97. The lowest BCUT2D eigenvalue weighted by molar-refractivity contribution is 0.0951. The van der Waals surface area contributed by atoms with Crippen molar-refractivity contribution in [3.05, 3.63) is 41.5 Å². The van der Waals surface area contributed by atoms with E-state index in [1.807, 2.05) is 0 Å². The summed E-state index contributed by atoms with van der Waals surface area (Å²) in [7, 11) is 0. The Morgan fingerprint density at radius 1 is 1.50 bits per heavy atom. The molecule has 0 bridgehead atoms. The zero-order valence-electron chi connectivity index (χ0n) is 9.88. The van der Waals surface area contributed by atoms with Crippen molar-refractivity contribution >= 4 is 5.91 Å². The molecule has 6 nitrogen and oxygen atoms in total. The summed E-state index contributed by atoms with van der Waals surface area (Å²) in [5.74, 6) is 0.220. The van der Waals surface area contributed by atoms with Gasteiger partial charge in [-0.3, -0.25) is 4.79 Å². The largest absolute Gasteiger partial charge is 0.507 e. The van der Waals surface area contributed by atoms with Gasteiger partial charge in [0.25, 0.3) is 5.91 Å². The monoisotopic (exact) mass is 247 g/mol. The number of rotatable bonds is 4. The van der Waals surface area contributed by atoms with E-state index < -0.39 is 0 Å². The predicted molar refractivity (Wildman–Crippen MR) is 63.2 cm³/mol. The van der Waals surface area contributed by atoms with E-state index in [-0.39, 0.29) is 17.2 Å². The van der Waals surface area contributed by atoms with E-state index >= 15 is 0 Å². The molecule has 2 rings (SSSR count). The van der Waals surface area contributed by atoms with Crippen molar-refractivity contribution in [1.82, 2.24) is 15.5 Å². The maximum Gasteiger partial charge on any atom is 0.255 e. The van der Waals surface area contributed by atoms with Crippen molar-refractivity contribution in [2.45, 2.75) is 13.3 Å². The van der Waals surface area contributed by atoms with Gasteiger partial charge in [-0.25, -0.2) is 0 Å². The van der Waals surface area contributed by atoms with Gasteiger partial charge in [0, 0.05) is 13.0 Å². The number of aryl methyl sites for hydroxylation is 1. The number of para-hydroxylation sites is 1. The van der Waals surface area contributed by atoms with Crippen LogP contribution in [0.4, 0.5) is 0 Å². The minimum Gasteiger partial charge on any atom is -0.507 e.